The van der Waals surface area contributed by atoms with Crippen molar-refractivity contribution in [1.82, 2.24) is 0 Å². The minimum Gasteiger partial charge on any atom is -0.463 e. The molecule has 0 heterocycles. The summed E-state index contributed by atoms with van der Waals surface area (Å²) < 4.78 is 5.28. The van der Waals surface area contributed by atoms with Gasteiger partial charge >= 0.3 is 5.97 Å². The maximum Gasteiger partial charge on any atom is 0.310 e. The van der Waals surface area contributed by atoms with Gasteiger partial charge in [-0.25, -0.2) is 0 Å². The van der Waals surface area contributed by atoms with Gasteiger partial charge in [0.05, 0.1) is 12.0 Å². The number of hydrogen-bond acceptors (Lipinski definition) is 2. The van der Waals surface area contributed by atoms with Crippen LogP contribution in [-0.2, 0) is 9.53 Å². The Morgan fingerprint density at radius 3 is 2.20 bits per heavy atom. The van der Waals surface area contributed by atoms with Gasteiger partial charge in [-0.3, -0.25) is 4.79 Å². The molecule has 1 rings (SSSR count). The molecule has 15 heavy (non-hydrogen) atoms. The molecule has 0 radical (unpaired) electrons. The summed E-state index contributed by atoms with van der Waals surface area (Å²) in [5.74, 6) is 1.30. The van der Waals surface area contributed by atoms with Crippen molar-refractivity contribution in [1.29, 1.82) is 0 Å². The summed E-state index contributed by atoms with van der Waals surface area (Å²) in [5, 5.41) is 0. The van der Waals surface area contributed by atoms with Crippen LogP contribution in [0, 0.1) is 23.2 Å². The minimum absolute atomic E-state index is 0.000602. The van der Waals surface area contributed by atoms with Gasteiger partial charge in [0.15, 0.2) is 0 Å². The fourth-order valence-electron chi connectivity index (χ4n) is 2.47. The third kappa shape index (κ3) is 2.73. The summed E-state index contributed by atoms with van der Waals surface area (Å²) in [6.07, 6.45) is 1.14. The smallest absolute Gasteiger partial charge is 0.310 e. The average Bonchev–Trinajstić information content (AvgIpc) is 2.49. The molecule has 2 heteroatoms. The quantitative estimate of drug-likeness (QED) is 0.669. The molecule has 0 spiro atoms. The monoisotopic (exact) mass is 212 g/mol. The van der Waals surface area contributed by atoms with Crippen LogP contribution in [-0.4, -0.2) is 12.1 Å². The van der Waals surface area contributed by atoms with Gasteiger partial charge in [-0.2, -0.15) is 0 Å². The molecule has 2 nitrogen and oxygen atoms in total. The van der Waals surface area contributed by atoms with Crippen molar-refractivity contribution in [3.05, 3.63) is 0 Å². The summed E-state index contributed by atoms with van der Waals surface area (Å²) in [4.78, 5) is 11.8. The first-order valence-electron chi connectivity index (χ1n) is 5.97. The number of carbonyl (C=O) groups excluding carboxylic acids is 1. The van der Waals surface area contributed by atoms with Crippen molar-refractivity contribution in [2.45, 2.75) is 54.1 Å². The van der Waals surface area contributed by atoms with Crippen LogP contribution in [0.4, 0.5) is 0 Å². The molecule has 1 fully saturated rings. The van der Waals surface area contributed by atoms with Gasteiger partial charge in [0.25, 0.3) is 0 Å². The van der Waals surface area contributed by atoms with E-state index in [-0.39, 0.29) is 23.4 Å². The van der Waals surface area contributed by atoms with Crippen molar-refractivity contribution < 1.29 is 9.53 Å². The lowest BCUT2D eigenvalue weighted by Gasteiger charge is -2.08. The highest BCUT2D eigenvalue weighted by Crippen LogP contribution is 2.61. The summed E-state index contributed by atoms with van der Waals surface area (Å²) in [6, 6.07) is 0. The van der Waals surface area contributed by atoms with E-state index >= 15 is 0 Å². The van der Waals surface area contributed by atoms with E-state index in [1.165, 1.54) is 0 Å². The second-order valence-corrected chi connectivity index (χ2v) is 6.02. The number of ether oxygens (including phenoxy) is 1. The predicted octanol–water partition coefficient (Wildman–Crippen LogP) is 3.26. The van der Waals surface area contributed by atoms with Crippen LogP contribution in [0.1, 0.15) is 48.0 Å². The molecule has 0 aromatic carbocycles. The molecular weight excluding hydrogens is 188 g/mol. The Morgan fingerprint density at radius 2 is 1.80 bits per heavy atom. The van der Waals surface area contributed by atoms with E-state index in [0.717, 1.165) is 6.42 Å². The summed E-state index contributed by atoms with van der Waals surface area (Å²) in [6.45, 7) is 12.6. The number of carbonyl (C=O) groups is 1. The second-order valence-electron chi connectivity index (χ2n) is 6.02. The molecule has 2 unspecified atom stereocenters. The second kappa shape index (κ2) is 4.15. The molecule has 0 saturated heterocycles. The fraction of sp³-hybridized carbons (Fsp3) is 0.923. The number of rotatable bonds is 4. The third-order valence-electron chi connectivity index (χ3n) is 3.38. The Bertz CT molecular complexity index is 241. The topological polar surface area (TPSA) is 26.3 Å². The molecule has 1 aliphatic rings. The average molecular weight is 212 g/mol. The van der Waals surface area contributed by atoms with Crippen molar-refractivity contribution in [2.75, 3.05) is 0 Å². The van der Waals surface area contributed by atoms with Gasteiger partial charge in [-0.1, -0.05) is 27.7 Å². The van der Waals surface area contributed by atoms with Gasteiger partial charge in [0, 0.05) is 0 Å². The highest BCUT2D eigenvalue weighted by Gasteiger charge is 2.62. The number of hydrogen-bond donors (Lipinski definition) is 0. The highest BCUT2D eigenvalue weighted by molar-refractivity contribution is 5.77. The molecule has 1 saturated carbocycles. The van der Waals surface area contributed by atoms with Crippen LogP contribution < -0.4 is 0 Å². The third-order valence-corrected chi connectivity index (χ3v) is 3.38. The lowest BCUT2D eigenvalue weighted by Crippen LogP contribution is -2.15. The van der Waals surface area contributed by atoms with Gasteiger partial charge in [0.2, 0.25) is 0 Å². The van der Waals surface area contributed by atoms with E-state index in [2.05, 4.69) is 27.7 Å². The molecule has 0 aromatic heterocycles. The zero-order valence-electron chi connectivity index (χ0n) is 10.8. The van der Waals surface area contributed by atoms with Crippen LogP contribution in [0.5, 0.6) is 0 Å². The first-order valence-corrected chi connectivity index (χ1v) is 5.97. The maximum absolute atomic E-state index is 11.8. The van der Waals surface area contributed by atoms with Gasteiger partial charge in [-0.15, -0.1) is 0 Å². The largest absolute Gasteiger partial charge is 0.463 e. The Labute approximate surface area is 93.4 Å². The van der Waals surface area contributed by atoms with E-state index in [1.807, 2.05) is 13.8 Å². The van der Waals surface area contributed by atoms with Crippen molar-refractivity contribution in [2.24, 2.45) is 23.2 Å². The van der Waals surface area contributed by atoms with Crippen molar-refractivity contribution in [3.8, 4) is 0 Å². The predicted molar refractivity (Wildman–Crippen MR) is 61.4 cm³/mol. The van der Waals surface area contributed by atoms with Gasteiger partial charge in [0.1, 0.15) is 0 Å². The zero-order chi connectivity index (χ0) is 11.8. The van der Waals surface area contributed by atoms with Crippen LogP contribution >= 0.6 is 0 Å². The maximum atomic E-state index is 11.8. The normalized spacial score (nSPS) is 28.3. The van der Waals surface area contributed by atoms with Crippen LogP contribution in [0.25, 0.3) is 0 Å². The van der Waals surface area contributed by atoms with Crippen molar-refractivity contribution in [3.63, 3.8) is 0 Å². The molecule has 1 aliphatic carbocycles. The van der Waals surface area contributed by atoms with E-state index in [4.69, 9.17) is 4.74 Å². The van der Waals surface area contributed by atoms with Crippen LogP contribution in [0.3, 0.4) is 0 Å². The van der Waals surface area contributed by atoms with Crippen LogP contribution in [0.15, 0.2) is 0 Å². The standard InChI is InChI=1S/C13H24O2/c1-8(2)7-10-11(13(10,5)6)12(14)15-9(3)4/h8-11H,7H2,1-6H3. The molecule has 0 bridgehead atoms. The summed E-state index contributed by atoms with van der Waals surface area (Å²) in [7, 11) is 0. The molecular formula is C13H24O2. The fourth-order valence-corrected chi connectivity index (χ4v) is 2.47. The Kier molecular flexibility index (Phi) is 3.47. The Morgan fingerprint density at radius 1 is 1.27 bits per heavy atom. The van der Waals surface area contributed by atoms with Crippen molar-refractivity contribution >= 4 is 5.97 Å². The SMILES string of the molecule is CC(C)CC1C(C(=O)OC(C)C)C1(C)C. The highest BCUT2D eigenvalue weighted by atomic mass is 16.5. The molecule has 2 atom stereocenters. The first kappa shape index (κ1) is 12.5. The minimum atomic E-state index is 0.000602. The number of esters is 1. The lowest BCUT2D eigenvalue weighted by molar-refractivity contribution is -0.150. The van der Waals surface area contributed by atoms with Crippen LogP contribution in [0.2, 0.25) is 0 Å². The molecule has 0 N–H and O–H groups in total. The molecule has 0 aromatic rings. The summed E-state index contributed by atoms with van der Waals surface area (Å²) in [5.41, 5.74) is 0.149. The Balaban J connectivity index is 2.54. The molecule has 88 valence electrons. The van der Waals surface area contributed by atoms with Gasteiger partial charge < -0.3 is 4.74 Å². The zero-order valence-corrected chi connectivity index (χ0v) is 10.8. The van der Waals surface area contributed by atoms with E-state index in [0.29, 0.717) is 11.8 Å². The lowest BCUT2D eigenvalue weighted by atomic mass is 10.0. The first-order chi connectivity index (χ1) is 6.76. The molecule has 0 amide bonds. The molecule has 0 aliphatic heterocycles. The van der Waals surface area contributed by atoms with E-state index < -0.39 is 0 Å². The van der Waals surface area contributed by atoms with Gasteiger partial charge in [-0.05, 0) is 37.5 Å². The summed E-state index contributed by atoms with van der Waals surface area (Å²) >= 11 is 0. The van der Waals surface area contributed by atoms with E-state index in [9.17, 15) is 4.79 Å². The van der Waals surface area contributed by atoms with E-state index in [1.54, 1.807) is 0 Å². The Hall–Kier alpha value is -0.530.